The highest BCUT2D eigenvalue weighted by atomic mass is 19.1. The molecule has 6 nitrogen and oxygen atoms in total. The van der Waals surface area contributed by atoms with Gasteiger partial charge >= 0.3 is 0 Å². The van der Waals surface area contributed by atoms with E-state index in [0.29, 0.717) is 5.75 Å². The van der Waals surface area contributed by atoms with Crippen molar-refractivity contribution in [1.82, 2.24) is 5.32 Å². The van der Waals surface area contributed by atoms with Crippen molar-refractivity contribution in [2.24, 2.45) is 0 Å². The molecule has 2 rings (SSSR count). The molecule has 0 aliphatic carbocycles. The number of amides is 2. The van der Waals surface area contributed by atoms with Gasteiger partial charge in [0.25, 0.3) is 5.91 Å². The van der Waals surface area contributed by atoms with Crippen LogP contribution in [-0.2, 0) is 9.59 Å². The number of carbonyl (C=O) groups is 2. The van der Waals surface area contributed by atoms with Gasteiger partial charge in [-0.15, -0.1) is 0 Å². The van der Waals surface area contributed by atoms with E-state index in [2.05, 4.69) is 10.6 Å². The molecule has 0 unspecified atom stereocenters. The van der Waals surface area contributed by atoms with Crippen LogP contribution in [0.4, 0.5) is 10.1 Å². The molecule has 2 aromatic rings. The van der Waals surface area contributed by atoms with Crippen molar-refractivity contribution in [2.45, 2.75) is 0 Å². The number of benzene rings is 2. The lowest BCUT2D eigenvalue weighted by Gasteiger charge is -2.08. The fourth-order valence-corrected chi connectivity index (χ4v) is 1.68. The third-order valence-electron chi connectivity index (χ3n) is 2.80. The number of para-hydroxylation sites is 1. The first-order valence-corrected chi connectivity index (χ1v) is 6.77. The third kappa shape index (κ3) is 5.31. The predicted molar refractivity (Wildman–Crippen MR) is 81.6 cm³/mol. The molecule has 3 N–H and O–H groups in total. The van der Waals surface area contributed by atoms with Crippen LogP contribution in [0, 0.1) is 5.82 Å². The molecular formula is C16H15FN2O4. The lowest BCUT2D eigenvalue weighted by atomic mass is 10.3. The molecule has 2 amide bonds. The molecule has 23 heavy (non-hydrogen) atoms. The fraction of sp³-hybridized carbons (Fsp3) is 0.125. The van der Waals surface area contributed by atoms with Crippen molar-refractivity contribution in [2.75, 3.05) is 18.5 Å². The molecule has 0 saturated carbocycles. The second-order valence-corrected chi connectivity index (χ2v) is 4.59. The first-order chi connectivity index (χ1) is 11.0. The Morgan fingerprint density at radius 3 is 2.43 bits per heavy atom. The third-order valence-corrected chi connectivity index (χ3v) is 2.80. The Morgan fingerprint density at radius 1 is 1.04 bits per heavy atom. The second-order valence-electron chi connectivity index (χ2n) is 4.59. The Balaban J connectivity index is 1.72. The summed E-state index contributed by atoms with van der Waals surface area (Å²) in [5.41, 5.74) is 0.0482. The van der Waals surface area contributed by atoms with E-state index < -0.39 is 17.6 Å². The number of phenolic OH excluding ortho intramolecular Hbond substituents is 1. The van der Waals surface area contributed by atoms with Crippen molar-refractivity contribution in [3.63, 3.8) is 0 Å². The van der Waals surface area contributed by atoms with Crippen molar-refractivity contribution in [3.8, 4) is 11.5 Å². The lowest BCUT2D eigenvalue weighted by Crippen LogP contribution is -2.35. The summed E-state index contributed by atoms with van der Waals surface area (Å²) >= 11 is 0. The highest BCUT2D eigenvalue weighted by Gasteiger charge is 2.08. The van der Waals surface area contributed by atoms with E-state index >= 15 is 0 Å². The minimum atomic E-state index is -0.553. The van der Waals surface area contributed by atoms with Crippen molar-refractivity contribution in [1.29, 1.82) is 0 Å². The normalized spacial score (nSPS) is 9.96. The van der Waals surface area contributed by atoms with Gasteiger partial charge in [0.05, 0.1) is 12.2 Å². The zero-order chi connectivity index (χ0) is 16.7. The first-order valence-electron chi connectivity index (χ1n) is 6.77. The predicted octanol–water partition coefficient (Wildman–Crippen LogP) is 1.66. The molecule has 7 heteroatoms. The number of rotatable bonds is 6. The van der Waals surface area contributed by atoms with Gasteiger partial charge in [0, 0.05) is 0 Å². The number of nitrogens with one attached hydrogen (secondary N) is 2. The van der Waals surface area contributed by atoms with E-state index in [4.69, 9.17) is 9.84 Å². The van der Waals surface area contributed by atoms with Gasteiger partial charge in [-0.2, -0.15) is 0 Å². The van der Waals surface area contributed by atoms with Gasteiger partial charge in [-0.05, 0) is 36.4 Å². The van der Waals surface area contributed by atoms with Crippen LogP contribution >= 0.6 is 0 Å². The summed E-state index contributed by atoms with van der Waals surface area (Å²) in [5.74, 6) is -1.10. The summed E-state index contributed by atoms with van der Waals surface area (Å²) in [7, 11) is 0. The first kappa shape index (κ1) is 16.3. The molecule has 0 aliphatic rings. The number of ether oxygens (including phenoxy) is 1. The minimum Gasteiger partial charge on any atom is -0.508 e. The number of halogens is 1. The van der Waals surface area contributed by atoms with Crippen molar-refractivity contribution in [3.05, 3.63) is 54.3 Å². The molecule has 0 atom stereocenters. The molecule has 0 saturated heterocycles. The highest BCUT2D eigenvalue weighted by Crippen LogP contribution is 2.15. The Kier molecular flexibility index (Phi) is 5.51. The summed E-state index contributed by atoms with van der Waals surface area (Å²) in [4.78, 5) is 23.2. The molecule has 120 valence electrons. The summed E-state index contributed by atoms with van der Waals surface area (Å²) < 4.78 is 18.5. The summed E-state index contributed by atoms with van der Waals surface area (Å²) in [6.07, 6.45) is 0. The Hall–Kier alpha value is -3.09. The number of hydrogen-bond acceptors (Lipinski definition) is 4. The monoisotopic (exact) mass is 318 g/mol. The zero-order valence-corrected chi connectivity index (χ0v) is 12.1. The van der Waals surface area contributed by atoms with E-state index in [1.807, 2.05) is 0 Å². The zero-order valence-electron chi connectivity index (χ0n) is 12.1. The van der Waals surface area contributed by atoms with Crippen LogP contribution in [0.1, 0.15) is 0 Å². The standard InChI is InChI=1S/C16H15FN2O4/c17-13-3-1-2-4-14(13)19-15(21)9-18-16(22)10-23-12-7-5-11(20)6-8-12/h1-8,20H,9-10H2,(H,18,22)(H,19,21). The van der Waals surface area contributed by atoms with Gasteiger partial charge in [0.2, 0.25) is 5.91 Å². The average Bonchev–Trinajstić information content (AvgIpc) is 2.54. The molecule has 0 heterocycles. The van der Waals surface area contributed by atoms with E-state index in [1.54, 1.807) is 6.07 Å². The van der Waals surface area contributed by atoms with Gasteiger partial charge in [-0.1, -0.05) is 12.1 Å². The van der Waals surface area contributed by atoms with Gasteiger partial charge < -0.3 is 20.5 Å². The minimum absolute atomic E-state index is 0.0482. The van der Waals surface area contributed by atoms with Crippen LogP contribution in [0.5, 0.6) is 11.5 Å². The number of hydrogen-bond donors (Lipinski definition) is 3. The Morgan fingerprint density at radius 2 is 1.74 bits per heavy atom. The number of phenols is 1. The smallest absolute Gasteiger partial charge is 0.258 e. The van der Waals surface area contributed by atoms with Gasteiger partial charge in [-0.25, -0.2) is 4.39 Å². The van der Waals surface area contributed by atoms with Gasteiger partial charge in [-0.3, -0.25) is 9.59 Å². The van der Waals surface area contributed by atoms with Gasteiger partial charge in [0.15, 0.2) is 6.61 Å². The average molecular weight is 318 g/mol. The fourth-order valence-electron chi connectivity index (χ4n) is 1.68. The number of carbonyl (C=O) groups excluding carboxylic acids is 2. The van der Waals surface area contributed by atoms with Crippen LogP contribution in [-0.4, -0.2) is 30.1 Å². The second kappa shape index (κ2) is 7.79. The summed E-state index contributed by atoms with van der Waals surface area (Å²) in [5, 5.41) is 13.8. The molecular weight excluding hydrogens is 303 g/mol. The van der Waals surface area contributed by atoms with Crippen LogP contribution in [0.3, 0.4) is 0 Å². The number of anilines is 1. The van der Waals surface area contributed by atoms with E-state index in [-0.39, 0.29) is 24.6 Å². The maximum Gasteiger partial charge on any atom is 0.258 e. The highest BCUT2D eigenvalue weighted by molar-refractivity contribution is 5.94. The SMILES string of the molecule is O=C(COc1ccc(O)cc1)NCC(=O)Nc1ccccc1F. The van der Waals surface area contributed by atoms with Gasteiger partial charge in [0.1, 0.15) is 17.3 Å². The maximum atomic E-state index is 13.3. The van der Waals surface area contributed by atoms with Crippen molar-refractivity contribution < 1.29 is 23.8 Å². The van der Waals surface area contributed by atoms with Crippen LogP contribution in [0.2, 0.25) is 0 Å². The van der Waals surface area contributed by atoms with Crippen LogP contribution < -0.4 is 15.4 Å². The van der Waals surface area contributed by atoms with Crippen LogP contribution in [0.15, 0.2) is 48.5 Å². The molecule has 0 fully saturated rings. The maximum absolute atomic E-state index is 13.3. The summed E-state index contributed by atoms with van der Waals surface area (Å²) in [6, 6.07) is 11.6. The largest absolute Gasteiger partial charge is 0.508 e. The molecule has 0 aromatic heterocycles. The van der Waals surface area contributed by atoms with Crippen LogP contribution in [0.25, 0.3) is 0 Å². The summed E-state index contributed by atoms with van der Waals surface area (Å²) in [6.45, 7) is -0.580. The molecule has 0 bridgehead atoms. The topological polar surface area (TPSA) is 87.7 Å². The Labute approximate surface area is 131 Å². The lowest BCUT2D eigenvalue weighted by molar-refractivity contribution is -0.125. The molecule has 0 radical (unpaired) electrons. The van der Waals surface area contributed by atoms with E-state index in [1.165, 1.54) is 42.5 Å². The molecule has 0 spiro atoms. The Bertz CT molecular complexity index is 689. The quantitative estimate of drug-likeness (QED) is 0.756. The van der Waals surface area contributed by atoms with E-state index in [9.17, 15) is 14.0 Å². The van der Waals surface area contributed by atoms with E-state index in [0.717, 1.165) is 0 Å². The molecule has 2 aromatic carbocycles. The van der Waals surface area contributed by atoms with Crippen molar-refractivity contribution >= 4 is 17.5 Å². The number of aromatic hydroxyl groups is 1. The molecule has 0 aliphatic heterocycles.